The van der Waals surface area contributed by atoms with Crippen molar-refractivity contribution in [3.05, 3.63) is 44.6 Å². The van der Waals surface area contributed by atoms with Crippen LogP contribution in [0.15, 0.2) is 29.6 Å². The van der Waals surface area contributed by atoms with Crippen molar-refractivity contribution in [3.8, 4) is 11.5 Å². The van der Waals surface area contributed by atoms with Gasteiger partial charge in [0.15, 0.2) is 5.75 Å². The summed E-state index contributed by atoms with van der Waals surface area (Å²) >= 11 is 13.0. The van der Waals surface area contributed by atoms with Crippen LogP contribution in [0.2, 0.25) is 10.0 Å². The fraction of sp³-hybridized carbons (Fsp3) is 0.154. The van der Waals surface area contributed by atoms with Crippen LogP contribution >= 0.6 is 34.5 Å². The second-order valence-corrected chi connectivity index (χ2v) is 5.43. The van der Waals surface area contributed by atoms with Gasteiger partial charge in [-0.25, -0.2) is 4.79 Å². The molecule has 4 nitrogen and oxygen atoms in total. The Hall–Kier alpha value is -1.43. The Morgan fingerprint density at radius 3 is 2.45 bits per heavy atom. The van der Waals surface area contributed by atoms with Crippen molar-refractivity contribution in [2.24, 2.45) is 0 Å². The number of hydrogen-bond acceptors (Lipinski definition) is 4. The maximum absolute atomic E-state index is 10.7. The van der Waals surface area contributed by atoms with Gasteiger partial charge < -0.3 is 14.6 Å². The van der Waals surface area contributed by atoms with E-state index in [0.29, 0.717) is 21.5 Å². The van der Waals surface area contributed by atoms with Crippen molar-refractivity contribution < 1.29 is 19.4 Å². The Bertz CT molecular complexity index is 592. The van der Waals surface area contributed by atoms with E-state index in [1.165, 1.54) is 6.07 Å². The standard InChI is InChI=1S/C13H10Cl2O4S/c14-9-2-1-3-10(15)12(9)19-5-4-18-8-6-11(13(16)17)20-7-8/h1-3,6-7H,4-5H2,(H,16,17). The maximum Gasteiger partial charge on any atom is 0.346 e. The van der Waals surface area contributed by atoms with Gasteiger partial charge in [-0.3, -0.25) is 0 Å². The van der Waals surface area contributed by atoms with Crippen LogP contribution in [0.4, 0.5) is 0 Å². The van der Waals surface area contributed by atoms with E-state index < -0.39 is 5.97 Å². The summed E-state index contributed by atoms with van der Waals surface area (Å²) in [6.45, 7) is 0.513. The zero-order valence-corrected chi connectivity index (χ0v) is 12.5. The molecule has 20 heavy (non-hydrogen) atoms. The normalized spacial score (nSPS) is 10.3. The minimum atomic E-state index is -0.969. The van der Waals surface area contributed by atoms with Gasteiger partial charge in [0.25, 0.3) is 0 Å². The molecule has 1 aromatic heterocycles. The molecule has 0 aliphatic carbocycles. The average molecular weight is 333 g/mol. The van der Waals surface area contributed by atoms with E-state index in [9.17, 15) is 4.79 Å². The summed E-state index contributed by atoms with van der Waals surface area (Å²) in [6, 6.07) is 6.56. The SMILES string of the molecule is O=C(O)c1cc(OCCOc2c(Cl)cccc2Cl)cs1. The molecule has 7 heteroatoms. The average Bonchev–Trinajstić information content (AvgIpc) is 2.86. The highest BCUT2D eigenvalue weighted by atomic mass is 35.5. The summed E-state index contributed by atoms with van der Waals surface area (Å²) < 4.78 is 10.8. The summed E-state index contributed by atoms with van der Waals surface area (Å²) in [7, 11) is 0. The van der Waals surface area contributed by atoms with Crippen LogP contribution in [0.25, 0.3) is 0 Å². The molecular formula is C13H10Cl2O4S. The largest absolute Gasteiger partial charge is 0.489 e. The molecule has 0 bridgehead atoms. The lowest BCUT2D eigenvalue weighted by molar-refractivity contribution is 0.0702. The highest BCUT2D eigenvalue weighted by molar-refractivity contribution is 7.12. The number of carboxylic acids is 1. The first-order valence-electron chi connectivity index (χ1n) is 5.59. The van der Waals surface area contributed by atoms with Gasteiger partial charge in [-0.1, -0.05) is 29.3 Å². The smallest absolute Gasteiger partial charge is 0.346 e. The zero-order chi connectivity index (χ0) is 14.5. The number of ether oxygens (including phenoxy) is 2. The summed E-state index contributed by atoms with van der Waals surface area (Å²) in [4.78, 5) is 10.9. The van der Waals surface area contributed by atoms with Crippen molar-refractivity contribution in [2.45, 2.75) is 0 Å². The second-order valence-electron chi connectivity index (χ2n) is 3.70. The lowest BCUT2D eigenvalue weighted by Crippen LogP contribution is -2.09. The van der Waals surface area contributed by atoms with Gasteiger partial charge in [-0.2, -0.15) is 0 Å². The molecule has 2 rings (SSSR count). The number of carbonyl (C=O) groups is 1. The molecule has 0 spiro atoms. The summed E-state index contributed by atoms with van der Waals surface area (Å²) in [5, 5.41) is 11.3. The molecule has 1 heterocycles. The van der Waals surface area contributed by atoms with Gasteiger partial charge in [0.2, 0.25) is 0 Å². The molecule has 0 saturated carbocycles. The van der Waals surface area contributed by atoms with Crippen LogP contribution in [0, 0.1) is 0 Å². The van der Waals surface area contributed by atoms with Crippen molar-refractivity contribution >= 4 is 40.5 Å². The highest BCUT2D eigenvalue weighted by Gasteiger charge is 2.08. The Balaban J connectivity index is 1.83. The number of thiophene rings is 1. The number of aromatic carboxylic acids is 1. The molecule has 1 aromatic carbocycles. The lowest BCUT2D eigenvalue weighted by Gasteiger charge is -2.09. The topological polar surface area (TPSA) is 55.8 Å². The summed E-state index contributed by atoms with van der Waals surface area (Å²) in [5.74, 6) is -0.0545. The first-order valence-corrected chi connectivity index (χ1v) is 7.23. The monoisotopic (exact) mass is 332 g/mol. The van der Waals surface area contributed by atoms with Crippen LogP contribution in [0.3, 0.4) is 0 Å². The number of rotatable bonds is 6. The van der Waals surface area contributed by atoms with Crippen LogP contribution in [-0.2, 0) is 0 Å². The van der Waals surface area contributed by atoms with Crippen molar-refractivity contribution in [1.82, 2.24) is 0 Å². The van der Waals surface area contributed by atoms with Gasteiger partial charge in [0.1, 0.15) is 23.8 Å². The minimum Gasteiger partial charge on any atom is -0.489 e. The number of para-hydroxylation sites is 1. The van der Waals surface area contributed by atoms with Crippen LogP contribution < -0.4 is 9.47 Å². The predicted octanol–water partition coefficient (Wildman–Crippen LogP) is 4.21. The van der Waals surface area contributed by atoms with E-state index in [2.05, 4.69) is 0 Å². The van der Waals surface area contributed by atoms with E-state index in [0.717, 1.165) is 11.3 Å². The van der Waals surface area contributed by atoms with Crippen LogP contribution in [0.5, 0.6) is 11.5 Å². The number of hydrogen-bond donors (Lipinski definition) is 1. The molecule has 0 radical (unpaired) electrons. The molecular weight excluding hydrogens is 323 g/mol. The van der Waals surface area contributed by atoms with E-state index in [4.69, 9.17) is 37.8 Å². The zero-order valence-electron chi connectivity index (χ0n) is 10.1. The van der Waals surface area contributed by atoms with Crippen molar-refractivity contribution in [3.63, 3.8) is 0 Å². The number of halogens is 2. The molecule has 2 aromatic rings. The molecule has 0 aliphatic rings. The molecule has 106 valence electrons. The molecule has 0 atom stereocenters. The fourth-order valence-electron chi connectivity index (χ4n) is 1.43. The lowest BCUT2D eigenvalue weighted by atomic mass is 10.3. The van der Waals surface area contributed by atoms with Gasteiger partial charge in [0, 0.05) is 11.4 Å². The first-order chi connectivity index (χ1) is 9.58. The molecule has 0 saturated heterocycles. The van der Waals surface area contributed by atoms with Gasteiger partial charge in [0.05, 0.1) is 10.0 Å². The quantitative estimate of drug-likeness (QED) is 0.805. The highest BCUT2D eigenvalue weighted by Crippen LogP contribution is 2.32. The maximum atomic E-state index is 10.7. The number of carboxylic acid groups (broad SMARTS) is 1. The van der Waals surface area contributed by atoms with Crippen LogP contribution in [0.1, 0.15) is 9.67 Å². The van der Waals surface area contributed by atoms with Crippen LogP contribution in [-0.4, -0.2) is 24.3 Å². The fourth-order valence-corrected chi connectivity index (χ4v) is 2.60. The third-order valence-electron chi connectivity index (χ3n) is 2.30. The number of benzene rings is 1. The van der Waals surface area contributed by atoms with E-state index in [1.807, 2.05) is 0 Å². The third kappa shape index (κ3) is 3.79. The second kappa shape index (κ2) is 6.83. The first kappa shape index (κ1) is 15.0. The summed E-state index contributed by atoms with van der Waals surface area (Å²) in [5.41, 5.74) is 0. The van der Waals surface area contributed by atoms with Gasteiger partial charge in [-0.15, -0.1) is 11.3 Å². The van der Waals surface area contributed by atoms with Gasteiger partial charge >= 0.3 is 5.97 Å². The third-order valence-corrected chi connectivity index (χ3v) is 3.80. The Kier molecular flexibility index (Phi) is 5.11. The molecule has 1 N–H and O–H groups in total. The van der Waals surface area contributed by atoms with E-state index >= 15 is 0 Å². The van der Waals surface area contributed by atoms with Gasteiger partial charge in [-0.05, 0) is 12.1 Å². The molecule has 0 unspecified atom stereocenters. The Labute approximate surface area is 129 Å². The van der Waals surface area contributed by atoms with E-state index in [1.54, 1.807) is 23.6 Å². The Morgan fingerprint density at radius 2 is 1.85 bits per heavy atom. The van der Waals surface area contributed by atoms with Crippen molar-refractivity contribution in [1.29, 1.82) is 0 Å². The Morgan fingerprint density at radius 1 is 1.20 bits per heavy atom. The summed E-state index contributed by atoms with van der Waals surface area (Å²) in [6.07, 6.45) is 0. The molecule has 0 amide bonds. The van der Waals surface area contributed by atoms with E-state index in [-0.39, 0.29) is 18.1 Å². The molecule has 0 aliphatic heterocycles. The molecule has 0 fully saturated rings. The predicted molar refractivity (Wildman–Crippen MR) is 78.7 cm³/mol. The minimum absolute atomic E-state index is 0.232. The van der Waals surface area contributed by atoms with Crippen molar-refractivity contribution in [2.75, 3.05) is 13.2 Å².